The van der Waals surface area contributed by atoms with Gasteiger partial charge in [-0.3, -0.25) is 34.9 Å². The average molecular weight is 865 g/mol. The van der Waals surface area contributed by atoms with E-state index in [9.17, 15) is 18.8 Å². The number of piperazine rings is 1. The maximum atomic E-state index is 15.2. The first-order chi connectivity index (χ1) is 30.4. The molecule has 3 aromatic heterocycles. The van der Waals surface area contributed by atoms with Gasteiger partial charge in [0.15, 0.2) is 0 Å². The van der Waals surface area contributed by atoms with Crippen LogP contribution in [0.25, 0.3) is 22.3 Å². The van der Waals surface area contributed by atoms with Crippen molar-refractivity contribution in [3.63, 3.8) is 0 Å². The number of nitrogens with zero attached hydrogens (tertiary/aromatic N) is 8. The Kier molecular flexibility index (Phi) is 10.6. The number of pyridine rings is 1. The molecule has 2 N–H and O–H groups in total. The highest BCUT2D eigenvalue weighted by molar-refractivity contribution is 6.05. The van der Waals surface area contributed by atoms with Crippen LogP contribution in [0.2, 0.25) is 0 Å². The number of imide groups is 1. The van der Waals surface area contributed by atoms with Gasteiger partial charge in [-0.05, 0) is 93.8 Å². The zero-order valence-electron chi connectivity index (χ0n) is 35.7. The lowest BCUT2D eigenvalue weighted by Gasteiger charge is -2.47. The maximum absolute atomic E-state index is 15.2. The Morgan fingerprint density at radius 2 is 1.65 bits per heavy atom. The molecule has 4 atom stereocenters. The van der Waals surface area contributed by atoms with Crippen molar-refractivity contribution in [3.8, 4) is 17.1 Å². The summed E-state index contributed by atoms with van der Waals surface area (Å²) in [6.45, 7) is 8.10. The summed E-state index contributed by atoms with van der Waals surface area (Å²) in [6, 6.07) is 11.8. The molecule has 4 fully saturated rings. The van der Waals surface area contributed by atoms with Crippen molar-refractivity contribution in [2.45, 2.75) is 64.5 Å². The number of amides is 3. The molecule has 63 heavy (non-hydrogen) atoms. The van der Waals surface area contributed by atoms with Crippen molar-refractivity contribution in [1.29, 1.82) is 0 Å². The number of aromatic nitrogens is 5. The Bertz CT molecular complexity index is 2620. The van der Waals surface area contributed by atoms with Crippen molar-refractivity contribution in [1.82, 2.24) is 34.5 Å². The van der Waals surface area contributed by atoms with Crippen LogP contribution in [0.5, 0.6) is 5.88 Å². The van der Waals surface area contributed by atoms with Crippen LogP contribution in [0.3, 0.4) is 0 Å². The number of imidazole rings is 1. The Balaban J connectivity index is 0.842. The van der Waals surface area contributed by atoms with Crippen molar-refractivity contribution < 1.29 is 32.3 Å². The minimum absolute atomic E-state index is 0.0306. The molecule has 330 valence electrons. The third-order valence-electron chi connectivity index (χ3n) is 13.8. The number of hydrogen-bond acceptors (Lipinski definition) is 10. The third kappa shape index (κ3) is 7.78. The molecule has 7 heterocycles. The third-order valence-corrected chi connectivity index (χ3v) is 13.8. The SMILES string of the molecule is Cc1cc2cc(n1)-c1c(C)nn(C)c1OC[C@H]1CC[C@H](C1)Cn1c(nc3ccc(N4CCN(CC5CN(c6cc(F)c([C@H]7CCC(=O)NC7=O)c(F)c6)C5)[C@@H](CF)C4)cc31)NC2=O. The van der Waals surface area contributed by atoms with Gasteiger partial charge in [0, 0.05) is 93.4 Å². The van der Waals surface area contributed by atoms with Gasteiger partial charge in [0.05, 0.1) is 46.6 Å². The highest BCUT2D eigenvalue weighted by Crippen LogP contribution is 2.39. The number of hydrogen-bond donors (Lipinski definition) is 2. The predicted octanol–water partition coefficient (Wildman–Crippen LogP) is 5.90. The number of aryl methyl sites for hydroxylation is 3. The lowest BCUT2D eigenvalue weighted by molar-refractivity contribution is -0.134. The fourth-order valence-electron chi connectivity index (χ4n) is 10.5. The number of piperidine rings is 1. The molecule has 5 aromatic rings. The second-order valence-corrected chi connectivity index (χ2v) is 18.1. The number of rotatable bonds is 6. The van der Waals surface area contributed by atoms with E-state index >= 15 is 8.78 Å². The molecule has 14 nitrogen and oxygen atoms in total. The quantitative estimate of drug-likeness (QED) is 0.198. The van der Waals surface area contributed by atoms with Crippen molar-refractivity contribution in [2.75, 3.05) is 67.7 Å². The van der Waals surface area contributed by atoms with E-state index in [1.807, 2.05) is 37.9 Å². The summed E-state index contributed by atoms with van der Waals surface area (Å²) in [5.74, 6) is -2.06. The molecule has 10 rings (SSSR count). The van der Waals surface area contributed by atoms with Gasteiger partial charge in [-0.2, -0.15) is 5.10 Å². The van der Waals surface area contributed by atoms with Gasteiger partial charge in [-0.25, -0.2) is 22.8 Å². The number of ether oxygens (including phenoxy) is 1. The van der Waals surface area contributed by atoms with Gasteiger partial charge in [-0.1, -0.05) is 0 Å². The van der Waals surface area contributed by atoms with Gasteiger partial charge in [0.1, 0.15) is 18.3 Å². The zero-order valence-corrected chi connectivity index (χ0v) is 35.7. The second-order valence-electron chi connectivity index (χ2n) is 18.1. The standard InChI is InChI=1S/C46H51F3N10O4/c1-25-12-30-14-38(50-25)41-26(2)54-55(3)45(41)63-24-28-5-4-27(13-28)22-59-39-17-31(6-8-37(39)51-46(59)53-43(30)61)57-11-10-56(33(18-47)23-57)19-29-20-58(21-29)32-15-35(48)42(36(49)16-32)34-7-9-40(60)52-44(34)62/h6,8,12,14-17,27-29,33-34H,4-5,7,9-11,13,18-24H2,1-3H3,(H,51,53,61)(H,52,60,62)/t27-,28+,33+,34-/m1/s1. The van der Waals surface area contributed by atoms with E-state index in [0.717, 1.165) is 47.2 Å². The van der Waals surface area contributed by atoms with Crippen LogP contribution in [-0.2, 0) is 23.2 Å². The lowest BCUT2D eigenvalue weighted by atomic mass is 9.89. The first kappa shape index (κ1) is 41.1. The van der Waals surface area contributed by atoms with Crippen LogP contribution < -0.4 is 25.2 Å². The molecule has 4 aliphatic heterocycles. The summed E-state index contributed by atoms with van der Waals surface area (Å²) in [4.78, 5) is 54.0. The largest absolute Gasteiger partial charge is 0.477 e. The van der Waals surface area contributed by atoms with Gasteiger partial charge < -0.3 is 19.1 Å². The van der Waals surface area contributed by atoms with Crippen LogP contribution in [0.1, 0.15) is 65.3 Å². The average Bonchev–Trinajstić information content (AvgIpc) is 3.91. The summed E-state index contributed by atoms with van der Waals surface area (Å²) in [5.41, 5.74) is 6.05. The molecule has 4 bridgehead atoms. The van der Waals surface area contributed by atoms with E-state index in [0.29, 0.717) is 98.7 Å². The van der Waals surface area contributed by atoms with Gasteiger partial charge >= 0.3 is 0 Å². The van der Waals surface area contributed by atoms with E-state index in [2.05, 4.69) is 36.2 Å². The van der Waals surface area contributed by atoms with Crippen molar-refractivity contribution in [2.24, 2.45) is 24.8 Å². The van der Waals surface area contributed by atoms with Crippen LogP contribution >= 0.6 is 0 Å². The molecule has 1 aliphatic carbocycles. The molecule has 0 spiro atoms. The van der Waals surface area contributed by atoms with Crippen LogP contribution in [0, 0.1) is 43.2 Å². The number of fused-ring (bicyclic) bond motifs is 9. The number of carbonyl (C=O) groups is 3. The molecule has 1 saturated carbocycles. The summed E-state index contributed by atoms with van der Waals surface area (Å²) in [7, 11) is 1.87. The van der Waals surface area contributed by atoms with E-state index in [1.54, 1.807) is 16.8 Å². The Morgan fingerprint density at radius 3 is 2.43 bits per heavy atom. The number of halogens is 3. The van der Waals surface area contributed by atoms with Crippen molar-refractivity contribution in [3.05, 3.63) is 76.6 Å². The number of anilines is 3. The molecule has 3 saturated heterocycles. The molecule has 5 aliphatic rings. The number of benzene rings is 2. The highest BCUT2D eigenvalue weighted by Gasteiger charge is 2.37. The minimum Gasteiger partial charge on any atom is -0.477 e. The first-order valence-corrected chi connectivity index (χ1v) is 22.0. The number of carbonyl (C=O) groups excluding carboxylic acids is 3. The summed E-state index contributed by atoms with van der Waals surface area (Å²) in [6.07, 6.45) is 3.10. The van der Waals surface area contributed by atoms with Gasteiger partial charge in [0.25, 0.3) is 5.91 Å². The van der Waals surface area contributed by atoms with E-state index < -0.39 is 36.0 Å². The minimum atomic E-state index is -1.05. The van der Waals surface area contributed by atoms with Crippen molar-refractivity contribution >= 4 is 46.1 Å². The first-order valence-electron chi connectivity index (χ1n) is 22.0. The predicted molar refractivity (Wildman–Crippen MR) is 231 cm³/mol. The van der Waals surface area contributed by atoms with Crippen LogP contribution in [0.15, 0.2) is 42.5 Å². The van der Waals surface area contributed by atoms with Crippen LogP contribution in [0.4, 0.5) is 30.5 Å². The number of alkyl halides is 1. The summed E-state index contributed by atoms with van der Waals surface area (Å²) >= 11 is 0. The molecule has 0 radical (unpaired) electrons. The zero-order chi connectivity index (χ0) is 43.7. The monoisotopic (exact) mass is 864 g/mol. The van der Waals surface area contributed by atoms with E-state index in [4.69, 9.17) is 14.7 Å². The smallest absolute Gasteiger partial charge is 0.258 e. The molecule has 0 unspecified atom stereocenters. The summed E-state index contributed by atoms with van der Waals surface area (Å²) < 4.78 is 55.7. The Labute approximate surface area is 362 Å². The number of nitrogens with one attached hydrogen (secondary N) is 2. The molecule has 2 aromatic carbocycles. The van der Waals surface area contributed by atoms with Gasteiger partial charge in [-0.15, -0.1) is 0 Å². The normalized spacial score (nSPS) is 23.4. The van der Waals surface area contributed by atoms with Gasteiger partial charge in [0.2, 0.25) is 23.6 Å². The summed E-state index contributed by atoms with van der Waals surface area (Å²) in [5, 5.41) is 9.95. The Morgan fingerprint density at radius 1 is 0.857 bits per heavy atom. The molecule has 17 heteroatoms. The topological polar surface area (TPSA) is 143 Å². The van der Waals surface area contributed by atoms with Crippen LogP contribution in [-0.4, -0.2) is 106 Å². The lowest BCUT2D eigenvalue weighted by Crippen LogP contribution is -2.59. The Hall–Kier alpha value is -5.97. The maximum Gasteiger partial charge on any atom is 0.258 e. The second kappa shape index (κ2) is 16.3. The van der Waals surface area contributed by atoms with E-state index in [1.165, 1.54) is 12.1 Å². The fourth-order valence-corrected chi connectivity index (χ4v) is 10.5. The molecule has 3 amide bonds. The fraction of sp³-hybridized carbons (Fsp3) is 0.478. The molecular formula is C46H51F3N10O4. The molecular weight excluding hydrogens is 814 g/mol. The van der Waals surface area contributed by atoms with E-state index in [-0.39, 0.29) is 36.3 Å². The highest BCUT2D eigenvalue weighted by atomic mass is 19.1.